The van der Waals surface area contributed by atoms with Crippen LogP contribution in [-0.4, -0.2) is 68.4 Å². The summed E-state index contributed by atoms with van der Waals surface area (Å²) in [6.45, 7) is 4.16. The number of rotatable bonds is 4. The number of hydrogen-bond acceptors (Lipinski definition) is 5. The minimum Gasteiger partial charge on any atom is -0.371 e. The Morgan fingerprint density at radius 3 is 2.61 bits per heavy atom. The highest BCUT2D eigenvalue weighted by Gasteiger charge is 2.43. The molecule has 1 aromatic rings. The maximum atomic E-state index is 12.9. The highest BCUT2D eigenvalue weighted by atomic mass is 35.5. The molecule has 0 unspecified atom stereocenters. The van der Waals surface area contributed by atoms with E-state index < -0.39 is 5.60 Å². The molecule has 1 aromatic carbocycles. The van der Waals surface area contributed by atoms with Crippen LogP contribution in [0.1, 0.15) is 30.9 Å². The van der Waals surface area contributed by atoms with Crippen LogP contribution in [0.15, 0.2) is 30.3 Å². The first-order valence-electron chi connectivity index (χ1n) is 9.68. The van der Waals surface area contributed by atoms with Crippen molar-refractivity contribution in [3.63, 3.8) is 0 Å². The second-order valence-electron chi connectivity index (χ2n) is 7.69. The zero-order chi connectivity index (χ0) is 18.0. The molecule has 6 nitrogen and oxygen atoms in total. The summed E-state index contributed by atoms with van der Waals surface area (Å²) in [6.07, 6.45) is 2.53. The van der Waals surface area contributed by atoms with Crippen molar-refractivity contribution in [1.82, 2.24) is 15.5 Å². The third-order valence-corrected chi connectivity index (χ3v) is 6.14. The average molecular weight is 432 g/mol. The molecule has 3 saturated heterocycles. The summed E-state index contributed by atoms with van der Waals surface area (Å²) in [4.78, 5) is 15.4. The van der Waals surface area contributed by atoms with Crippen molar-refractivity contribution in [3.8, 4) is 0 Å². The summed E-state index contributed by atoms with van der Waals surface area (Å²) in [6, 6.07) is 11.0. The minimum absolute atomic E-state index is 0. The molecule has 3 fully saturated rings. The van der Waals surface area contributed by atoms with E-state index in [1.165, 1.54) is 5.56 Å². The van der Waals surface area contributed by atoms with Gasteiger partial charge in [-0.3, -0.25) is 9.69 Å². The lowest BCUT2D eigenvalue weighted by Crippen LogP contribution is -2.56. The topological polar surface area (TPSA) is 62.8 Å². The molecule has 0 spiro atoms. The minimum atomic E-state index is -0.669. The average Bonchev–Trinajstić information content (AvgIpc) is 3.10. The lowest BCUT2D eigenvalue weighted by atomic mass is 9.90. The Balaban J connectivity index is 0.00000140. The van der Waals surface area contributed by atoms with Crippen LogP contribution in [0.3, 0.4) is 0 Å². The van der Waals surface area contributed by atoms with Crippen molar-refractivity contribution in [1.29, 1.82) is 0 Å². The van der Waals surface area contributed by atoms with E-state index in [0.717, 1.165) is 52.0 Å². The van der Waals surface area contributed by atoms with Gasteiger partial charge in [-0.1, -0.05) is 30.3 Å². The third kappa shape index (κ3) is 4.81. The molecule has 0 saturated carbocycles. The maximum absolute atomic E-state index is 12.9. The number of hydrogen-bond donors (Lipinski definition) is 2. The number of piperidine rings is 1. The van der Waals surface area contributed by atoms with Gasteiger partial charge < -0.3 is 20.1 Å². The molecular formula is C20H31Cl2N3O3. The number of benzene rings is 1. The van der Waals surface area contributed by atoms with E-state index >= 15 is 0 Å². The fraction of sp³-hybridized carbons (Fsp3) is 0.650. The van der Waals surface area contributed by atoms with Gasteiger partial charge in [-0.2, -0.15) is 0 Å². The Labute approximate surface area is 179 Å². The smallest absolute Gasteiger partial charge is 0.252 e. The van der Waals surface area contributed by atoms with E-state index in [1.807, 2.05) is 6.07 Å². The molecule has 28 heavy (non-hydrogen) atoms. The molecule has 2 N–H and O–H groups in total. The number of halogens is 2. The molecule has 8 heteroatoms. The van der Waals surface area contributed by atoms with Gasteiger partial charge in [-0.15, -0.1) is 24.8 Å². The van der Waals surface area contributed by atoms with Gasteiger partial charge in [0.2, 0.25) is 0 Å². The summed E-state index contributed by atoms with van der Waals surface area (Å²) < 4.78 is 11.8. The van der Waals surface area contributed by atoms with Crippen LogP contribution in [0, 0.1) is 0 Å². The summed E-state index contributed by atoms with van der Waals surface area (Å²) in [5.41, 5.74) is 0.559. The second-order valence-corrected chi connectivity index (χ2v) is 7.69. The van der Waals surface area contributed by atoms with Crippen molar-refractivity contribution in [2.24, 2.45) is 0 Å². The summed E-state index contributed by atoms with van der Waals surface area (Å²) in [7, 11) is 1.65. The predicted molar refractivity (Wildman–Crippen MR) is 113 cm³/mol. The Morgan fingerprint density at radius 2 is 1.93 bits per heavy atom. The summed E-state index contributed by atoms with van der Waals surface area (Å²) in [5.74, 6) is 0.0480. The van der Waals surface area contributed by atoms with Crippen molar-refractivity contribution in [2.75, 3.05) is 39.9 Å². The number of nitrogens with zero attached hydrogens (tertiary/aromatic N) is 1. The van der Waals surface area contributed by atoms with E-state index in [2.05, 4.69) is 39.8 Å². The first-order valence-corrected chi connectivity index (χ1v) is 9.68. The highest BCUT2D eigenvalue weighted by molar-refractivity contribution is 5.86. The van der Waals surface area contributed by atoms with E-state index in [0.29, 0.717) is 6.04 Å². The Bertz CT molecular complexity index is 628. The predicted octanol–water partition coefficient (Wildman–Crippen LogP) is 1.93. The second kappa shape index (κ2) is 10.2. The Hall–Kier alpha value is -0.890. The van der Waals surface area contributed by atoms with E-state index in [4.69, 9.17) is 9.47 Å². The first kappa shape index (κ1) is 23.4. The number of carbonyl (C=O) groups is 1. The number of amides is 1. The van der Waals surface area contributed by atoms with Crippen LogP contribution in [0.2, 0.25) is 0 Å². The third-order valence-electron chi connectivity index (χ3n) is 6.14. The maximum Gasteiger partial charge on any atom is 0.252 e. The first-order chi connectivity index (χ1) is 12.7. The SMILES string of the molecule is COC1(C(=O)N[C@@H]2C[C@H]3CO[C@@H](c4ccccc4)CN3C2)CCNCC1.Cl.Cl. The van der Waals surface area contributed by atoms with Gasteiger partial charge in [0.15, 0.2) is 0 Å². The molecule has 3 aliphatic heterocycles. The van der Waals surface area contributed by atoms with Crippen molar-refractivity contribution in [3.05, 3.63) is 35.9 Å². The van der Waals surface area contributed by atoms with Gasteiger partial charge in [0.05, 0.1) is 12.7 Å². The lowest BCUT2D eigenvalue weighted by Gasteiger charge is -2.35. The largest absolute Gasteiger partial charge is 0.371 e. The van der Waals surface area contributed by atoms with E-state index in [-0.39, 0.29) is 42.9 Å². The number of fused-ring (bicyclic) bond motifs is 1. The molecule has 3 atom stereocenters. The molecule has 3 heterocycles. The summed E-state index contributed by atoms with van der Waals surface area (Å²) in [5, 5.41) is 6.56. The molecular weight excluding hydrogens is 401 g/mol. The van der Waals surface area contributed by atoms with Crippen molar-refractivity contribution < 1.29 is 14.3 Å². The molecule has 1 amide bonds. The van der Waals surface area contributed by atoms with Gasteiger partial charge in [-0.05, 0) is 37.9 Å². The standard InChI is InChI=1S/C20H29N3O3.2ClH/c1-25-20(7-9-21-10-8-20)19(24)22-16-11-17-14-26-18(13-23(17)12-16)15-5-3-2-4-6-15;;/h2-6,16-18,21H,7-14H2,1H3,(H,22,24);2*1H/t16-,17+,18-;;/m1../s1. The molecule has 4 rings (SSSR count). The lowest BCUT2D eigenvalue weighted by molar-refractivity contribution is -0.147. The Kier molecular flexibility index (Phi) is 8.55. The number of ether oxygens (including phenoxy) is 2. The molecule has 0 bridgehead atoms. The molecule has 158 valence electrons. The molecule has 0 aromatic heterocycles. The summed E-state index contributed by atoms with van der Waals surface area (Å²) >= 11 is 0. The van der Waals surface area contributed by atoms with Crippen LogP contribution in [-0.2, 0) is 14.3 Å². The van der Waals surface area contributed by atoms with Gasteiger partial charge in [0.25, 0.3) is 5.91 Å². The van der Waals surface area contributed by atoms with Crippen LogP contribution in [0.4, 0.5) is 0 Å². The van der Waals surface area contributed by atoms with Gasteiger partial charge in [0.1, 0.15) is 5.60 Å². The molecule has 0 aliphatic carbocycles. The number of morpholine rings is 1. The van der Waals surface area contributed by atoms with Crippen LogP contribution in [0.5, 0.6) is 0 Å². The number of carbonyl (C=O) groups excluding carboxylic acids is 1. The zero-order valence-corrected chi connectivity index (χ0v) is 17.9. The van der Waals surface area contributed by atoms with Crippen LogP contribution in [0.25, 0.3) is 0 Å². The zero-order valence-electron chi connectivity index (χ0n) is 16.3. The normalized spacial score (nSPS) is 29.1. The Morgan fingerprint density at radius 1 is 1.21 bits per heavy atom. The monoisotopic (exact) mass is 431 g/mol. The van der Waals surface area contributed by atoms with Crippen molar-refractivity contribution >= 4 is 30.7 Å². The van der Waals surface area contributed by atoms with E-state index in [1.54, 1.807) is 7.11 Å². The van der Waals surface area contributed by atoms with Gasteiger partial charge >= 0.3 is 0 Å². The van der Waals surface area contributed by atoms with E-state index in [9.17, 15) is 4.79 Å². The molecule has 3 aliphatic rings. The fourth-order valence-corrected chi connectivity index (χ4v) is 4.52. The van der Waals surface area contributed by atoms with Crippen molar-refractivity contribution in [2.45, 2.75) is 43.1 Å². The molecule has 0 radical (unpaired) electrons. The number of nitrogens with one attached hydrogen (secondary N) is 2. The van der Waals surface area contributed by atoms with Gasteiger partial charge in [-0.25, -0.2) is 0 Å². The fourth-order valence-electron chi connectivity index (χ4n) is 4.52. The van der Waals surface area contributed by atoms with Gasteiger partial charge in [0, 0.05) is 32.3 Å². The number of methoxy groups -OCH3 is 1. The highest BCUT2D eigenvalue weighted by Crippen LogP contribution is 2.31. The quantitative estimate of drug-likeness (QED) is 0.762. The van der Waals surface area contributed by atoms with Crippen LogP contribution >= 0.6 is 24.8 Å². The van der Waals surface area contributed by atoms with Crippen LogP contribution < -0.4 is 10.6 Å².